The topological polar surface area (TPSA) is 80.6 Å². The van der Waals surface area contributed by atoms with Crippen molar-refractivity contribution in [2.75, 3.05) is 13.7 Å². The van der Waals surface area contributed by atoms with Gasteiger partial charge in [0.25, 0.3) is 5.91 Å². The van der Waals surface area contributed by atoms with Crippen molar-refractivity contribution in [3.63, 3.8) is 0 Å². The molecule has 2 aromatic heterocycles. The molecule has 1 unspecified atom stereocenters. The van der Waals surface area contributed by atoms with Crippen LogP contribution in [0.4, 0.5) is 0 Å². The lowest BCUT2D eigenvalue weighted by molar-refractivity contribution is 0.0777. The molecule has 3 heterocycles. The number of hydrogen-bond acceptors (Lipinski definition) is 5. The van der Waals surface area contributed by atoms with E-state index in [4.69, 9.17) is 14.0 Å². The van der Waals surface area contributed by atoms with Crippen LogP contribution in [-0.2, 0) is 13.0 Å². The fourth-order valence-electron chi connectivity index (χ4n) is 3.53. The van der Waals surface area contributed by atoms with Crippen molar-refractivity contribution in [1.82, 2.24) is 15.0 Å². The molecule has 142 valence electrons. The molecule has 0 aliphatic carbocycles. The Bertz CT molecular complexity index is 1000. The summed E-state index contributed by atoms with van der Waals surface area (Å²) < 4.78 is 16.9. The molecule has 1 amide bonds. The highest BCUT2D eigenvalue weighted by Gasteiger charge is 2.27. The van der Waals surface area contributed by atoms with Gasteiger partial charge in [0.05, 0.1) is 18.7 Å². The van der Waals surface area contributed by atoms with Gasteiger partial charge in [-0.3, -0.25) is 4.79 Å². The number of carbonyl (C=O) groups excluding carboxylic acids is 1. The minimum atomic E-state index is -0.130. The molecule has 1 aliphatic rings. The van der Waals surface area contributed by atoms with Gasteiger partial charge in [-0.05, 0) is 32.9 Å². The summed E-state index contributed by atoms with van der Waals surface area (Å²) in [5, 5.41) is 4.81. The maximum absolute atomic E-state index is 12.9. The third-order valence-electron chi connectivity index (χ3n) is 4.69. The summed E-state index contributed by atoms with van der Waals surface area (Å²) in [6.07, 6.45) is 0.944. The maximum atomic E-state index is 12.9. The van der Waals surface area contributed by atoms with E-state index in [1.807, 2.05) is 39.0 Å². The number of H-pyrrole nitrogens is 1. The lowest BCUT2D eigenvalue weighted by Gasteiger charge is -2.14. The summed E-state index contributed by atoms with van der Waals surface area (Å²) in [6, 6.07) is 5.68. The van der Waals surface area contributed by atoms with Crippen LogP contribution in [0.1, 0.15) is 41.4 Å². The zero-order chi connectivity index (χ0) is 19.1. The summed E-state index contributed by atoms with van der Waals surface area (Å²) in [5.41, 5.74) is 3.12. The summed E-state index contributed by atoms with van der Waals surface area (Å²) in [7, 11) is 1.74. The van der Waals surface area contributed by atoms with Crippen molar-refractivity contribution in [2.45, 2.75) is 39.8 Å². The first-order valence-electron chi connectivity index (χ1n) is 9.12. The van der Waals surface area contributed by atoms with E-state index in [9.17, 15) is 4.79 Å². The van der Waals surface area contributed by atoms with Crippen LogP contribution in [-0.4, -0.2) is 40.7 Å². The zero-order valence-electron chi connectivity index (χ0n) is 16.0. The van der Waals surface area contributed by atoms with Gasteiger partial charge >= 0.3 is 0 Å². The highest BCUT2D eigenvalue weighted by molar-refractivity contribution is 6.02. The molecule has 4 rings (SSSR count). The minimum Gasteiger partial charge on any atom is -0.493 e. The molecule has 1 aliphatic heterocycles. The lowest BCUT2D eigenvalue weighted by Crippen LogP contribution is -2.26. The number of nitrogens with zero attached hydrogens (tertiary/aromatic N) is 2. The van der Waals surface area contributed by atoms with Crippen LogP contribution in [0.3, 0.4) is 0 Å². The fourth-order valence-corrected chi connectivity index (χ4v) is 3.53. The number of hydrogen-bond donors (Lipinski definition) is 1. The normalized spacial score (nSPS) is 15.6. The van der Waals surface area contributed by atoms with Crippen LogP contribution in [0.25, 0.3) is 10.9 Å². The van der Waals surface area contributed by atoms with E-state index in [0.717, 1.165) is 40.1 Å². The summed E-state index contributed by atoms with van der Waals surface area (Å²) >= 11 is 0. The molecule has 3 aromatic rings. The second kappa shape index (κ2) is 6.64. The number of ether oxygens (including phenoxy) is 2. The summed E-state index contributed by atoms with van der Waals surface area (Å²) in [6.45, 7) is 6.74. The second-order valence-corrected chi connectivity index (χ2v) is 6.99. The van der Waals surface area contributed by atoms with Crippen LogP contribution < -0.4 is 9.47 Å². The van der Waals surface area contributed by atoms with Gasteiger partial charge in [-0.25, -0.2) is 0 Å². The summed E-state index contributed by atoms with van der Waals surface area (Å²) in [5.74, 6) is 2.18. The number of benzene rings is 1. The van der Waals surface area contributed by atoms with Crippen molar-refractivity contribution in [1.29, 1.82) is 0 Å². The Balaban J connectivity index is 1.69. The van der Waals surface area contributed by atoms with Crippen LogP contribution >= 0.6 is 0 Å². The van der Waals surface area contributed by atoms with E-state index in [2.05, 4.69) is 10.1 Å². The third-order valence-corrected chi connectivity index (χ3v) is 4.69. The second-order valence-electron chi connectivity index (χ2n) is 6.99. The molecule has 1 atom stereocenters. The average molecular weight is 369 g/mol. The zero-order valence-corrected chi connectivity index (χ0v) is 16.0. The molecule has 0 saturated carbocycles. The van der Waals surface area contributed by atoms with Crippen molar-refractivity contribution in [3.05, 3.63) is 40.9 Å². The average Bonchev–Trinajstić information content (AvgIpc) is 3.32. The van der Waals surface area contributed by atoms with Gasteiger partial charge in [0.15, 0.2) is 0 Å². The Morgan fingerprint density at radius 3 is 2.93 bits per heavy atom. The number of nitrogens with one attached hydrogen (secondary N) is 1. The lowest BCUT2D eigenvalue weighted by atomic mass is 10.1. The van der Waals surface area contributed by atoms with Gasteiger partial charge in [0.2, 0.25) is 0 Å². The molecular weight excluding hydrogens is 346 g/mol. The number of aryl methyl sites for hydroxylation is 1. The van der Waals surface area contributed by atoms with Crippen molar-refractivity contribution in [2.24, 2.45) is 0 Å². The van der Waals surface area contributed by atoms with E-state index in [1.165, 1.54) is 0 Å². The Morgan fingerprint density at radius 2 is 2.22 bits per heavy atom. The van der Waals surface area contributed by atoms with E-state index >= 15 is 0 Å². The van der Waals surface area contributed by atoms with E-state index in [1.54, 1.807) is 11.9 Å². The molecular formula is C20H23N3O4. The molecule has 0 bridgehead atoms. The predicted molar refractivity (Wildman–Crippen MR) is 100 cm³/mol. The van der Waals surface area contributed by atoms with Crippen LogP contribution in [0.15, 0.2) is 22.7 Å². The number of aromatic nitrogens is 2. The molecule has 1 aromatic carbocycles. The van der Waals surface area contributed by atoms with Crippen LogP contribution in [0.5, 0.6) is 11.5 Å². The molecule has 27 heavy (non-hydrogen) atoms. The first-order chi connectivity index (χ1) is 13.0. The Morgan fingerprint density at radius 1 is 1.41 bits per heavy atom. The maximum Gasteiger partial charge on any atom is 0.270 e. The number of aromatic amines is 1. The number of fused-ring (bicyclic) bond motifs is 3. The van der Waals surface area contributed by atoms with Gasteiger partial charge in [0.1, 0.15) is 34.8 Å². The Kier molecular flexibility index (Phi) is 4.30. The van der Waals surface area contributed by atoms with Gasteiger partial charge in [0, 0.05) is 30.5 Å². The monoisotopic (exact) mass is 369 g/mol. The Labute approximate surface area is 157 Å². The van der Waals surface area contributed by atoms with Gasteiger partial charge in [-0.15, -0.1) is 0 Å². The number of rotatable bonds is 5. The smallest absolute Gasteiger partial charge is 0.270 e. The fraction of sp³-hybridized carbons (Fsp3) is 0.400. The van der Waals surface area contributed by atoms with Crippen molar-refractivity contribution < 1.29 is 18.8 Å². The van der Waals surface area contributed by atoms with E-state index < -0.39 is 0 Å². The molecule has 0 fully saturated rings. The molecule has 0 saturated heterocycles. The van der Waals surface area contributed by atoms with Crippen molar-refractivity contribution >= 4 is 16.8 Å². The molecule has 0 spiro atoms. The van der Waals surface area contributed by atoms with E-state index in [-0.39, 0.29) is 12.0 Å². The highest BCUT2D eigenvalue weighted by Crippen LogP contribution is 2.41. The number of carbonyl (C=O) groups is 1. The SMILES string of the molecule is CCOc1cc2c(c3[nH]c(C(=O)N(C)Cc4cc(C)on4)cc13)OC(C)C2. The Hall–Kier alpha value is -2.96. The number of amides is 1. The predicted octanol–water partition coefficient (Wildman–Crippen LogP) is 3.46. The molecule has 0 radical (unpaired) electrons. The standard InChI is InChI=1S/C20H23N3O4/c1-5-25-17-8-13-6-11(2)26-19(13)18-15(17)9-16(21-18)20(24)23(4)10-14-7-12(3)27-22-14/h7-9,11,21H,5-6,10H2,1-4H3. The van der Waals surface area contributed by atoms with Crippen molar-refractivity contribution in [3.8, 4) is 11.5 Å². The largest absolute Gasteiger partial charge is 0.493 e. The first-order valence-corrected chi connectivity index (χ1v) is 9.12. The van der Waals surface area contributed by atoms with Crippen LogP contribution in [0, 0.1) is 6.92 Å². The van der Waals surface area contributed by atoms with Gasteiger partial charge in [-0.2, -0.15) is 0 Å². The molecule has 7 nitrogen and oxygen atoms in total. The quantitative estimate of drug-likeness (QED) is 0.745. The van der Waals surface area contributed by atoms with Gasteiger partial charge < -0.3 is 23.9 Å². The summed E-state index contributed by atoms with van der Waals surface area (Å²) in [4.78, 5) is 17.8. The molecule has 1 N–H and O–H groups in total. The minimum absolute atomic E-state index is 0.112. The van der Waals surface area contributed by atoms with E-state index in [0.29, 0.717) is 24.5 Å². The third kappa shape index (κ3) is 3.13. The first kappa shape index (κ1) is 17.5. The molecule has 7 heteroatoms. The highest BCUT2D eigenvalue weighted by atomic mass is 16.5. The van der Waals surface area contributed by atoms with Gasteiger partial charge in [-0.1, -0.05) is 5.16 Å². The van der Waals surface area contributed by atoms with Crippen LogP contribution in [0.2, 0.25) is 0 Å².